The molecule has 2 heteroatoms. The molecule has 0 atom stereocenters. The lowest BCUT2D eigenvalue weighted by Gasteiger charge is -2.13. The zero-order valence-electron chi connectivity index (χ0n) is 11.4. The molecule has 2 nitrogen and oxygen atoms in total. The Morgan fingerprint density at radius 2 is 1.82 bits per heavy atom. The Bertz CT molecular complexity index is 347. The van der Waals surface area contributed by atoms with E-state index in [0.29, 0.717) is 0 Å². The van der Waals surface area contributed by atoms with Crippen molar-refractivity contribution in [2.45, 2.75) is 52.4 Å². The summed E-state index contributed by atoms with van der Waals surface area (Å²) in [5.41, 5.74) is 9.39. The van der Waals surface area contributed by atoms with Crippen LogP contribution in [0.25, 0.3) is 0 Å². The molecule has 1 rings (SSSR count). The first-order chi connectivity index (χ1) is 8.20. The Morgan fingerprint density at radius 1 is 1.12 bits per heavy atom. The van der Waals surface area contributed by atoms with E-state index < -0.39 is 0 Å². The van der Waals surface area contributed by atoms with Crippen LogP contribution in [0.15, 0.2) is 12.1 Å². The van der Waals surface area contributed by atoms with Gasteiger partial charge in [-0.1, -0.05) is 32.6 Å². The van der Waals surface area contributed by atoms with Crippen molar-refractivity contribution >= 4 is 5.69 Å². The molecule has 0 aromatic heterocycles. The summed E-state index contributed by atoms with van der Waals surface area (Å²) in [6, 6.07) is 3.90. The monoisotopic (exact) mass is 235 g/mol. The highest BCUT2D eigenvalue weighted by molar-refractivity contribution is 5.56. The van der Waals surface area contributed by atoms with Crippen molar-refractivity contribution in [3.8, 4) is 5.75 Å². The molecule has 0 aliphatic carbocycles. The Hall–Kier alpha value is -1.18. The molecule has 0 spiro atoms. The molecule has 0 bridgehead atoms. The lowest BCUT2D eigenvalue weighted by atomic mass is 9.99. The summed E-state index contributed by atoms with van der Waals surface area (Å²) in [7, 11) is 1.71. The van der Waals surface area contributed by atoms with Crippen LogP contribution in [0.4, 0.5) is 5.69 Å². The predicted molar refractivity (Wildman–Crippen MR) is 74.6 cm³/mol. The second kappa shape index (κ2) is 7.21. The van der Waals surface area contributed by atoms with Crippen LogP contribution in [0.3, 0.4) is 0 Å². The third-order valence-corrected chi connectivity index (χ3v) is 3.34. The van der Waals surface area contributed by atoms with E-state index in [4.69, 9.17) is 10.5 Å². The molecular weight excluding hydrogens is 210 g/mol. The molecule has 17 heavy (non-hydrogen) atoms. The Morgan fingerprint density at radius 3 is 2.47 bits per heavy atom. The molecule has 0 saturated carbocycles. The lowest BCUT2D eigenvalue weighted by molar-refractivity contribution is 0.411. The zero-order valence-corrected chi connectivity index (χ0v) is 11.4. The van der Waals surface area contributed by atoms with E-state index in [1.807, 2.05) is 12.1 Å². The highest BCUT2D eigenvalue weighted by Crippen LogP contribution is 2.27. The summed E-state index contributed by atoms with van der Waals surface area (Å²) < 4.78 is 5.33. The molecule has 0 aliphatic rings. The van der Waals surface area contributed by atoms with Crippen molar-refractivity contribution in [1.29, 1.82) is 0 Å². The third-order valence-electron chi connectivity index (χ3n) is 3.34. The van der Waals surface area contributed by atoms with Gasteiger partial charge in [0.25, 0.3) is 0 Å². The van der Waals surface area contributed by atoms with Gasteiger partial charge in [-0.15, -0.1) is 0 Å². The number of methoxy groups -OCH3 is 1. The van der Waals surface area contributed by atoms with E-state index in [1.54, 1.807) is 7.11 Å². The van der Waals surface area contributed by atoms with Crippen LogP contribution in [-0.2, 0) is 6.42 Å². The third kappa shape index (κ3) is 3.95. The van der Waals surface area contributed by atoms with Gasteiger partial charge in [0.1, 0.15) is 5.75 Å². The van der Waals surface area contributed by atoms with E-state index in [-0.39, 0.29) is 0 Å². The van der Waals surface area contributed by atoms with Gasteiger partial charge in [0.15, 0.2) is 0 Å². The molecule has 0 aliphatic heterocycles. The van der Waals surface area contributed by atoms with Crippen LogP contribution in [-0.4, -0.2) is 7.11 Å². The SMILES string of the molecule is CCCCCCCc1c(N)ccc(OC)c1C. The number of nitrogen functional groups attached to an aromatic ring is 1. The zero-order chi connectivity index (χ0) is 12.7. The molecule has 0 unspecified atom stereocenters. The van der Waals surface area contributed by atoms with Gasteiger partial charge in [-0.3, -0.25) is 0 Å². The number of rotatable bonds is 7. The van der Waals surface area contributed by atoms with Crippen molar-refractivity contribution in [2.75, 3.05) is 12.8 Å². The maximum atomic E-state index is 6.03. The quantitative estimate of drug-likeness (QED) is 0.570. The molecule has 0 heterocycles. The molecule has 1 aromatic rings. The summed E-state index contributed by atoms with van der Waals surface area (Å²) in [4.78, 5) is 0. The minimum absolute atomic E-state index is 0.902. The maximum Gasteiger partial charge on any atom is 0.122 e. The summed E-state index contributed by atoms with van der Waals surface area (Å²) in [5.74, 6) is 0.947. The van der Waals surface area contributed by atoms with E-state index in [2.05, 4.69) is 13.8 Å². The molecule has 0 amide bonds. The predicted octanol–water partition coefficient (Wildman–Crippen LogP) is 4.10. The molecule has 1 aromatic carbocycles. The van der Waals surface area contributed by atoms with Crippen LogP contribution in [0.5, 0.6) is 5.75 Å². The normalized spacial score (nSPS) is 10.5. The van der Waals surface area contributed by atoms with Gasteiger partial charge in [0.2, 0.25) is 0 Å². The number of unbranched alkanes of at least 4 members (excludes halogenated alkanes) is 4. The topological polar surface area (TPSA) is 35.2 Å². The fourth-order valence-electron chi connectivity index (χ4n) is 2.21. The summed E-state index contributed by atoms with van der Waals surface area (Å²) in [6.45, 7) is 4.33. The lowest BCUT2D eigenvalue weighted by Crippen LogP contribution is -2.00. The van der Waals surface area contributed by atoms with Gasteiger partial charge >= 0.3 is 0 Å². The van der Waals surface area contributed by atoms with Crippen LogP contribution in [0, 0.1) is 6.92 Å². The van der Waals surface area contributed by atoms with Gasteiger partial charge in [-0.25, -0.2) is 0 Å². The van der Waals surface area contributed by atoms with E-state index in [9.17, 15) is 0 Å². The molecule has 2 N–H and O–H groups in total. The summed E-state index contributed by atoms with van der Waals surface area (Å²) in [6.07, 6.45) is 7.55. The fourth-order valence-corrected chi connectivity index (χ4v) is 2.21. The molecule has 0 fully saturated rings. The first-order valence-corrected chi connectivity index (χ1v) is 6.62. The Balaban J connectivity index is 2.57. The van der Waals surface area contributed by atoms with Crippen LogP contribution in [0.2, 0.25) is 0 Å². The molecule has 96 valence electrons. The first kappa shape index (κ1) is 13.9. The fraction of sp³-hybridized carbons (Fsp3) is 0.600. The van der Waals surface area contributed by atoms with Crippen molar-refractivity contribution in [2.24, 2.45) is 0 Å². The smallest absolute Gasteiger partial charge is 0.122 e. The van der Waals surface area contributed by atoms with E-state index in [1.165, 1.54) is 43.2 Å². The Labute approximate surface area is 105 Å². The molecular formula is C15H25NO. The number of nitrogens with two attached hydrogens (primary N) is 1. The minimum Gasteiger partial charge on any atom is -0.496 e. The minimum atomic E-state index is 0.902. The van der Waals surface area contributed by atoms with Gasteiger partial charge < -0.3 is 10.5 Å². The highest BCUT2D eigenvalue weighted by atomic mass is 16.5. The van der Waals surface area contributed by atoms with Gasteiger partial charge in [-0.2, -0.15) is 0 Å². The summed E-state index contributed by atoms with van der Waals surface area (Å²) in [5, 5.41) is 0. The van der Waals surface area contributed by atoms with Crippen molar-refractivity contribution < 1.29 is 4.74 Å². The van der Waals surface area contributed by atoms with Crippen molar-refractivity contribution in [1.82, 2.24) is 0 Å². The second-order valence-electron chi connectivity index (χ2n) is 4.62. The van der Waals surface area contributed by atoms with Gasteiger partial charge in [0, 0.05) is 5.69 Å². The number of ether oxygens (including phenoxy) is 1. The maximum absolute atomic E-state index is 6.03. The number of anilines is 1. The standard InChI is InChI=1S/C15H25NO/c1-4-5-6-7-8-9-13-12(2)15(17-3)11-10-14(13)16/h10-11H,4-9,16H2,1-3H3. The number of hydrogen-bond acceptors (Lipinski definition) is 2. The van der Waals surface area contributed by atoms with Crippen molar-refractivity contribution in [3.63, 3.8) is 0 Å². The summed E-state index contributed by atoms with van der Waals surface area (Å²) >= 11 is 0. The Kier molecular flexibility index (Phi) is 5.88. The number of benzene rings is 1. The van der Waals surface area contributed by atoms with E-state index >= 15 is 0 Å². The van der Waals surface area contributed by atoms with Crippen molar-refractivity contribution in [3.05, 3.63) is 23.3 Å². The largest absolute Gasteiger partial charge is 0.496 e. The first-order valence-electron chi connectivity index (χ1n) is 6.62. The van der Waals surface area contributed by atoms with E-state index in [0.717, 1.165) is 17.9 Å². The van der Waals surface area contributed by atoms with Gasteiger partial charge in [-0.05, 0) is 43.0 Å². The number of hydrogen-bond donors (Lipinski definition) is 1. The van der Waals surface area contributed by atoms with Gasteiger partial charge in [0.05, 0.1) is 7.11 Å². The van der Waals surface area contributed by atoms with Crippen LogP contribution in [0.1, 0.15) is 50.2 Å². The molecule has 0 radical (unpaired) electrons. The van der Waals surface area contributed by atoms with Crippen LogP contribution >= 0.6 is 0 Å². The highest BCUT2D eigenvalue weighted by Gasteiger charge is 2.07. The molecule has 0 saturated heterocycles. The second-order valence-corrected chi connectivity index (χ2v) is 4.62. The average molecular weight is 235 g/mol. The average Bonchev–Trinajstić information content (AvgIpc) is 2.33. The van der Waals surface area contributed by atoms with Crippen LogP contribution < -0.4 is 10.5 Å².